The van der Waals surface area contributed by atoms with Crippen LogP contribution in [0.25, 0.3) is 0 Å². The zero-order chi connectivity index (χ0) is 14.5. The van der Waals surface area contributed by atoms with Gasteiger partial charge in [-0.15, -0.1) is 0 Å². The van der Waals surface area contributed by atoms with Crippen LogP contribution in [0.1, 0.15) is 49.5 Å². The Hall–Kier alpha value is -1.97. The zero-order valence-corrected chi connectivity index (χ0v) is 12.6. The molecular formula is C16H22N4. The van der Waals surface area contributed by atoms with Gasteiger partial charge in [0.15, 0.2) is 0 Å². The first-order valence-electron chi connectivity index (χ1n) is 7.11. The minimum Gasteiger partial charge on any atom is -0.373 e. The van der Waals surface area contributed by atoms with Crippen molar-refractivity contribution < 1.29 is 0 Å². The Bertz CT molecular complexity index is 561. The lowest BCUT2D eigenvalue weighted by atomic mass is 10.1. The SMILES string of the molecule is CCc1ccc(Cc2cc(NC)nc(C(C)C)n2)nc1. The summed E-state index contributed by atoms with van der Waals surface area (Å²) < 4.78 is 0. The van der Waals surface area contributed by atoms with Crippen molar-refractivity contribution in [1.29, 1.82) is 0 Å². The molecule has 0 atom stereocenters. The van der Waals surface area contributed by atoms with Crippen LogP contribution in [0.5, 0.6) is 0 Å². The Morgan fingerprint density at radius 3 is 2.50 bits per heavy atom. The standard InChI is InChI=1S/C16H22N4/c1-5-12-6-7-13(18-10-12)8-14-9-15(17-4)20-16(19-14)11(2)3/h6-7,9-11H,5,8H2,1-4H3,(H,17,19,20). The summed E-state index contributed by atoms with van der Waals surface area (Å²) in [5.74, 6) is 2.05. The van der Waals surface area contributed by atoms with Crippen molar-refractivity contribution in [3.8, 4) is 0 Å². The summed E-state index contributed by atoms with van der Waals surface area (Å²) in [6.45, 7) is 6.34. The second-order valence-electron chi connectivity index (χ2n) is 5.20. The zero-order valence-electron chi connectivity index (χ0n) is 12.6. The molecule has 2 aromatic heterocycles. The van der Waals surface area contributed by atoms with Gasteiger partial charge in [-0.2, -0.15) is 0 Å². The highest BCUT2D eigenvalue weighted by Gasteiger charge is 2.08. The molecule has 4 nitrogen and oxygen atoms in total. The molecule has 2 aromatic rings. The van der Waals surface area contributed by atoms with Crippen LogP contribution >= 0.6 is 0 Å². The van der Waals surface area contributed by atoms with E-state index in [1.807, 2.05) is 19.3 Å². The molecule has 2 heterocycles. The van der Waals surface area contributed by atoms with E-state index in [9.17, 15) is 0 Å². The van der Waals surface area contributed by atoms with Crippen molar-refractivity contribution in [3.63, 3.8) is 0 Å². The van der Waals surface area contributed by atoms with Crippen LogP contribution < -0.4 is 5.32 Å². The Morgan fingerprint density at radius 2 is 1.95 bits per heavy atom. The molecule has 4 heteroatoms. The van der Waals surface area contributed by atoms with Gasteiger partial charge in [0.1, 0.15) is 11.6 Å². The predicted octanol–water partition coefficient (Wildman–Crippen LogP) is 3.19. The summed E-state index contributed by atoms with van der Waals surface area (Å²) in [5, 5.41) is 3.10. The van der Waals surface area contributed by atoms with E-state index in [2.05, 4.69) is 53.2 Å². The Balaban J connectivity index is 2.24. The first-order chi connectivity index (χ1) is 9.62. The third-order valence-electron chi connectivity index (χ3n) is 3.23. The third kappa shape index (κ3) is 3.53. The van der Waals surface area contributed by atoms with Gasteiger partial charge in [0, 0.05) is 37.3 Å². The van der Waals surface area contributed by atoms with Gasteiger partial charge in [-0.25, -0.2) is 9.97 Å². The van der Waals surface area contributed by atoms with Crippen molar-refractivity contribution in [2.24, 2.45) is 0 Å². The van der Waals surface area contributed by atoms with Crippen LogP contribution in [-0.2, 0) is 12.8 Å². The fourth-order valence-electron chi connectivity index (χ4n) is 1.95. The number of hydrogen-bond acceptors (Lipinski definition) is 4. The van der Waals surface area contributed by atoms with E-state index in [4.69, 9.17) is 0 Å². The lowest BCUT2D eigenvalue weighted by Gasteiger charge is -2.10. The van der Waals surface area contributed by atoms with Crippen molar-refractivity contribution in [1.82, 2.24) is 15.0 Å². The van der Waals surface area contributed by atoms with E-state index < -0.39 is 0 Å². The molecule has 0 radical (unpaired) electrons. The lowest BCUT2D eigenvalue weighted by molar-refractivity contribution is 0.761. The average Bonchev–Trinajstić information content (AvgIpc) is 2.47. The summed E-state index contributed by atoms with van der Waals surface area (Å²) in [6.07, 6.45) is 3.70. The molecule has 0 unspecified atom stereocenters. The number of nitrogens with zero attached hydrogens (tertiary/aromatic N) is 3. The fourth-order valence-corrected chi connectivity index (χ4v) is 1.95. The molecule has 0 aliphatic heterocycles. The third-order valence-corrected chi connectivity index (χ3v) is 3.23. The maximum atomic E-state index is 4.63. The highest BCUT2D eigenvalue weighted by molar-refractivity contribution is 5.36. The van der Waals surface area contributed by atoms with Crippen LogP contribution in [0, 0.1) is 0 Å². The molecule has 0 fully saturated rings. The van der Waals surface area contributed by atoms with Crippen LogP contribution in [0.3, 0.4) is 0 Å². The number of nitrogens with one attached hydrogen (secondary N) is 1. The quantitative estimate of drug-likeness (QED) is 0.906. The highest BCUT2D eigenvalue weighted by Crippen LogP contribution is 2.15. The number of anilines is 1. The Morgan fingerprint density at radius 1 is 1.15 bits per heavy atom. The largest absolute Gasteiger partial charge is 0.373 e. The Labute approximate surface area is 120 Å². The lowest BCUT2D eigenvalue weighted by Crippen LogP contribution is -2.06. The molecule has 106 valence electrons. The summed E-state index contributed by atoms with van der Waals surface area (Å²) in [5.41, 5.74) is 3.30. The summed E-state index contributed by atoms with van der Waals surface area (Å²) in [6, 6.07) is 6.20. The van der Waals surface area contributed by atoms with E-state index >= 15 is 0 Å². The molecule has 0 bridgehead atoms. The number of aryl methyl sites for hydroxylation is 1. The van der Waals surface area contributed by atoms with Gasteiger partial charge in [-0.3, -0.25) is 4.98 Å². The maximum absolute atomic E-state index is 4.63. The number of pyridine rings is 1. The van der Waals surface area contributed by atoms with Gasteiger partial charge in [0.05, 0.1) is 5.69 Å². The molecule has 0 amide bonds. The van der Waals surface area contributed by atoms with Crippen LogP contribution in [-0.4, -0.2) is 22.0 Å². The van der Waals surface area contributed by atoms with Crippen LogP contribution in [0.15, 0.2) is 24.4 Å². The Kier molecular flexibility index (Phi) is 4.66. The van der Waals surface area contributed by atoms with E-state index in [0.717, 1.165) is 35.9 Å². The molecule has 20 heavy (non-hydrogen) atoms. The smallest absolute Gasteiger partial charge is 0.133 e. The van der Waals surface area contributed by atoms with Crippen molar-refractivity contribution in [2.45, 2.75) is 39.5 Å². The number of hydrogen-bond donors (Lipinski definition) is 1. The number of rotatable bonds is 5. The average molecular weight is 270 g/mol. The molecule has 2 rings (SSSR count). The minimum absolute atomic E-state index is 0.317. The first-order valence-corrected chi connectivity index (χ1v) is 7.11. The maximum Gasteiger partial charge on any atom is 0.133 e. The molecule has 0 saturated carbocycles. The van der Waals surface area contributed by atoms with Crippen molar-refractivity contribution in [3.05, 3.63) is 47.2 Å². The molecule has 0 aliphatic carbocycles. The van der Waals surface area contributed by atoms with Gasteiger partial charge in [0.25, 0.3) is 0 Å². The van der Waals surface area contributed by atoms with E-state index in [0.29, 0.717) is 5.92 Å². The monoisotopic (exact) mass is 270 g/mol. The summed E-state index contributed by atoms with van der Waals surface area (Å²) in [7, 11) is 1.88. The normalized spacial score (nSPS) is 10.8. The molecular weight excluding hydrogens is 248 g/mol. The van der Waals surface area contributed by atoms with E-state index in [1.165, 1.54) is 5.56 Å². The molecule has 0 spiro atoms. The van der Waals surface area contributed by atoms with Crippen molar-refractivity contribution in [2.75, 3.05) is 12.4 Å². The van der Waals surface area contributed by atoms with E-state index in [1.54, 1.807) is 0 Å². The van der Waals surface area contributed by atoms with Gasteiger partial charge in [-0.05, 0) is 18.1 Å². The predicted molar refractivity (Wildman–Crippen MR) is 82.1 cm³/mol. The van der Waals surface area contributed by atoms with Crippen LogP contribution in [0.2, 0.25) is 0 Å². The summed E-state index contributed by atoms with van der Waals surface area (Å²) in [4.78, 5) is 13.6. The van der Waals surface area contributed by atoms with Gasteiger partial charge >= 0.3 is 0 Å². The van der Waals surface area contributed by atoms with Crippen molar-refractivity contribution >= 4 is 5.82 Å². The number of aromatic nitrogens is 3. The van der Waals surface area contributed by atoms with Gasteiger partial charge < -0.3 is 5.32 Å². The summed E-state index contributed by atoms with van der Waals surface area (Å²) >= 11 is 0. The molecule has 1 N–H and O–H groups in total. The van der Waals surface area contributed by atoms with Gasteiger partial charge in [0.2, 0.25) is 0 Å². The second-order valence-corrected chi connectivity index (χ2v) is 5.20. The second kappa shape index (κ2) is 6.46. The fraction of sp³-hybridized carbons (Fsp3) is 0.438. The highest BCUT2D eigenvalue weighted by atomic mass is 15.0. The molecule has 0 saturated heterocycles. The topological polar surface area (TPSA) is 50.7 Å². The minimum atomic E-state index is 0.317. The van der Waals surface area contributed by atoms with E-state index in [-0.39, 0.29) is 0 Å². The first kappa shape index (κ1) is 14.4. The molecule has 0 aliphatic rings. The van der Waals surface area contributed by atoms with Crippen LogP contribution in [0.4, 0.5) is 5.82 Å². The molecule has 0 aromatic carbocycles. The van der Waals surface area contributed by atoms with Gasteiger partial charge in [-0.1, -0.05) is 26.8 Å².